The maximum absolute atomic E-state index is 13.2. The number of halogens is 3. The van der Waals surface area contributed by atoms with E-state index < -0.39 is 42.9 Å². The molecule has 1 saturated heterocycles. The number of benzene rings is 1. The first-order valence-electron chi connectivity index (χ1n) is 9.00. The number of fused-ring (bicyclic) bond motifs is 1. The number of nitrogens with one attached hydrogen (secondary N) is 1. The zero-order valence-corrected chi connectivity index (χ0v) is 15.4. The molecule has 0 aliphatic carbocycles. The fraction of sp³-hybridized carbons (Fsp3) is 0.389. The van der Waals surface area contributed by atoms with Gasteiger partial charge in [-0.1, -0.05) is 18.2 Å². The number of imidazole rings is 1. The molecule has 0 radical (unpaired) electrons. The van der Waals surface area contributed by atoms with Crippen LogP contribution in [0.15, 0.2) is 36.9 Å². The Labute approximate surface area is 167 Å². The molecule has 2 aromatic heterocycles. The molecular formula is C18H18F3N5O4. The molecule has 9 nitrogen and oxygen atoms in total. The summed E-state index contributed by atoms with van der Waals surface area (Å²) in [6.07, 6.45) is -6.62. The summed E-state index contributed by atoms with van der Waals surface area (Å²) in [6.45, 7) is -0.635. The van der Waals surface area contributed by atoms with Gasteiger partial charge in [0.2, 0.25) is 0 Å². The summed E-state index contributed by atoms with van der Waals surface area (Å²) in [5, 5.41) is 32.3. The third-order valence-electron chi connectivity index (χ3n) is 4.92. The number of hydrogen-bond donors (Lipinski definition) is 4. The monoisotopic (exact) mass is 425 g/mol. The molecule has 2 unspecified atom stereocenters. The molecule has 0 amide bonds. The predicted molar refractivity (Wildman–Crippen MR) is 97.1 cm³/mol. The summed E-state index contributed by atoms with van der Waals surface area (Å²) < 4.78 is 46.4. The van der Waals surface area contributed by atoms with Crippen molar-refractivity contribution in [2.75, 3.05) is 11.9 Å². The van der Waals surface area contributed by atoms with Crippen LogP contribution in [0.2, 0.25) is 0 Å². The van der Waals surface area contributed by atoms with E-state index in [1.165, 1.54) is 35.4 Å². The number of aliphatic hydroxyl groups is 3. The number of aromatic nitrogens is 4. The minimum Gasteiger partial charge on any atom is -0.394 e. The van der Waals surface area contributed by atoms with Crippen molar-refractivity contribution in [2.45, 2.75) is 37.3 Å². The highest BCUT2D eigenvalue weighted by atomic mass is 19.4. The van der Waals surface area contributed by atoms with E-state index in [1.807, 2.05) is 0 Å². The van der Waals surface area contributed by atoms with Crippen LogP contribution in [0, 0.1) is 0 Å². The van der Waals surface area contributed by atoms with Gasteiger partial charge in [0.15, 0.2) is 23.2 Å². The number of rotatable bonds is 5. The van der Waals surface area contributed by atoms with Gasteiger partial charge in [-0.25, -0.2) is 15.0 Å². The van der Waals surface area contributed by atoms with E-state index in [0.29, 0.717) is 0 Å². The van der Waals surface area contributed by atoms with Crippen molar-refractivity contribution in [3.8, 4) is 0 Å². The van der Waals surface area contributed by atoms with E-state index in [0.717, 1.165) is 6.07 Å². The molecule has 30 heavy (non-hydrogen) atoms. The molecule has 0 bridgehead atoms. The summed E-state index contributed by atoms with van der Waals surface area (Å²) in [6, 6.07) is 5.20. The molecule has 1 fully saturated rings. The molecule has 1 aliphatic heterocycles. The second kappa shape index (κ2) is 7.80. The molecule has 4 N–H and O–H groups in total. The smallest absolute Gasteiger partial charge is 0.394 e. The minimum absolute atomic E-state index is 0.0413. The van der Waals surface area contributed by atoms with E-state index in [1.54, 1.807) is 0 Å². The average molecular weight is 425 g/mol. The summed E-state index contributed by atoms with van der Waals surface area (Å²) in [4.78, 5) is 12.3. The van der Waals surface area contributed by atoms with Gasteiger partial charge in [0.1, 0.15) is 24.6 Å². The maximum atomic E-state index is 13.2. The van der Waals surface area contributed by atoms with Crippen LogP contribution in [0.25, 0.3) is 11.2 Å². The number of alkyl halides is 3. The number of aliphatic hydroxyl groups excluding tert-OH is 3. The van der Waals surface area contributed by atoms with Crippen LogP contribution < -0.4 is 5.32 Å². The van der Waals surface area contributed by atoms with Gasteiger partial charge in [0.25, 0.3) is 0 Å². The lowest BCUT2D eigenvalue weighted by atomic mass is 10.1. The van der Waals surface area contributed by atoms with Crippen LogP contribution in [0.1, 0.15) is 17.4 Å². The van der Waals surface area contributed by atoms with E-state index in [2.05, 4.69) is 20.3 Å². The minimum atomic E-state index is -4.49. The van der Waals surface area contributed by atoms with Crippen LogP contribution in [0.4, 0.5) is 19.0 Å². The Morgan fingerprint density at radius 2 is 1.87 bits per heavy atom. The van der Waals surface area contributed by atoms with E-state index >= 15 is 0 Å². The van der Waals surface area contributed by atoms with Gasteiger partial charge in [-0.05, 0) is 11.6 Å². The van der Waals surface area contributed by atoms with Crippen LogP contribution in [-0.4, -0.2) is 59.8 Å². The highest BCUT2D eigenvalue weighted by molar-refractivity contribution is 5.82. The molecule has 3 heterocycles. The third-order valence-corrected chi connectivity index (χ3v) is 4.92. The van der Waals surface area contributed by atoms with Gasteiger partial charge < -0.3 is 25.4 Å². The van der Waals surface area contributed by atoms with Crippen molar-refractivity contribution in [1.29, 1.82) is 0 Å². The maximum Gasteiger partial charge on any atom is 0.416 e. The topological polar surface area (TPSA) is 126 Å². The molecule has 12 heteroatoms. The van der Waals surface area contributed by atoms with Crippen LogP contribution in [-0.2, 0) is 17.5 Å². The Morgan fingerprint density at radius 1 is 1.10 bits per heavy atom. The largest absolute Gasteiger partial charge is 0.416 e. The molecular weight excluding hydrogens is 407 g/mol. The van der Waals surface area contributed by atoms with Crippen molar-refractivity contribution in [2.24, 2.45) is 0 Å². The lowest BCUT2D eigenvalue weighted by Crippen LogP contribution is -2.33. The molecule has 3 aromatic rings. The first-order chi connectivity index (χ1) is 14.3. The van der Waals surface area contributed by atoms with Gasteiger partial charge in [-0.15, -0.1) is 0 Å². The Bertz CT molecular complexity index is 1040. The molecule has 4 rings (SSSR count). The fourth-order valence-electron chi connectivity index (χ4n) is 3.41. The Balaban J connectivity index is 1.61. The van der Waals surface area contributed by atoms with Crippen molar-refractivity contribution in [3.63, 3.8) is 0 Å². The molecule has 0 spiro atoms. The SMILES string of the molecule is OC[C@H]1O[C@@H](n2cnc3c(NCc4ccccc4C(F)(F)F)ncnc32)C(O)C1O. The second-order valence-electron chi connectivity index (χ2n) is 6.78. The Kier molecular flexibility index (Phi) is 5.32. The third kappa shape index (κ3) is 3.58. The summed E-state index contributed by atoms with van der Waals surface area (Å²) in [7, 11) is 0. The van der Waals surface area contributed by atoms with Gasteiger partial charge in [0, 0.05) is 6.54 Å². The van der Waals surface area contributed by atoms with Crippen molar-refractivity contribution < 1.29 is 33.2 Å². The number of hydrogen-bond acceptors (Lipinski definition) is 8. The molecule has 4 atom stereocenters. The number of anilines is 1. The van der Waals surface area contributed by atoms with E-state index in [9.17, 15) is 28.5 Å². The Morgan fingerprint density at radius 3 is 2.57 bits per heavy atom. The molecule has 0 saturated carbocycles. The molecule has 1 aromatic carbocycles. The van der Waals surface area contributed by atoms with Crippen LogP contribution in [0.3, 0.4) is 0 Å². The predicted octanol–water partition coefficient (Wildman–Crippen LogP) is 1.07. The van der Waals surface area contributed by atoms with Crippen molar-refractivity contribution in [1.82, 2.24) is 19.5 Å². The van der Waals surface area contributed by atoms with Crippen molar-refractivity contribution >= 4 is 17.0 Å². The fourth-order valence-corrected chi connectivity index (χ4v) is 3.41. The van der Waals surface area contributed by atoms with Gasteiger partial charge in [0.05, 0.1) is 18.5 Å². The zero-order chi connectivity index (χ0) is 21.5. The van der Waals surface area contributed by atoms with Gasteiger partial charge >= 0.3 is 6.18 Å². The van der Waals surface area contributed by atoms with Gasteiger partial charge in [-0.2, -0.15) is 13.2 Å². The molecule has 160 valence electrons. The normalized spacial score (nSPS) is 24.5. The second-order valence-corrected chi connectivity index (χ2v) is 6.78. The highest BCUT2D eigenvalue weighted by Crippen LogP contribution is 2.34. The first-order valence-corrected chi connectivity index (χ1v) is 9.00. The summed E-state index contributed by atoms with van der Waals surface area (Å²) >= 11 is 0. The lowest BCUT2D eigenvalue weighted by molar-refractivity contribution is -0.138. The summed E-state index contributed by atoms with van der Waals surface area (Å²) in [5.74, 6) is 0.197. The average Bonchev–Trinajstić information content (AvgIpc) is 3.27. The standard InChI is InChI=1S/C18H18F3N5O4/c19-18(20,21)10-4-2-1-3-9(10)5-22-15-12-16(24-7-23-15)26(8-25-12)17-14(29)13(28)11(6-27)30-17/h1-4,7-8,11,13-14,17,27-29H,5-6H2,(H,22,23,24)/t11-,13?,14?,17-/m1/s1. The summed E-state index contributed by atoms with van der Waals surface area (Å²) in [5.41, 5.74) is -0.217. The number of ether oxygens (including phenoxy) is 1. The van der Waals surface area contributed by atoms with Crippen LogP contribution >= 0.6 is 0 Å². The van der Waals surface area contributed by atoms with Gasteiger partial charge in [-0.3, -0.25) is 4.57 Å². The molecule has 1 aliphatic rings. The first kappa shape index (κ1) is 20.5. The zero-order valence-electron chi connectivity index (χ0n) is 15.4. The quantitative estimate of drug-likeness (QED) is 0.478. The van der Waals surface area contributed by atoms with E-state index in [4.69, 9.17) is 4.74 Å². The number of nitrogens with zero attached hydrogens (tertiary/aromatic N) is 4. The van der Waals surface area contributed by atoms with E-state index in [-0.39, 0.29) is 29.1 Å². The lowest BCUT2D eigenvalue weighted by Gasteiger charge is -2.16. The van der Waals surface area contributed by atoms with Crippen molar-refractivity contribution in [3.05, 3.63) is 48.0 Å². The highest BCUT2D eigenvalue weighted by Gasteiger charge is 2.44. The Hall–Kier alpha value is -2.80. The van der Waals surface area contributed by atoms with Crippen LogP contribution in [0.5, 0.6) is 0 Å².